The Hall–Kier alpha value is -2.22. The van der Waals surface area contributed by atoms with Crippen molar-refractivity contribution in [1.82, 2.24) is 14.9 Å². The second-order valence-corrected chi connectivity index (χ2v) is 4.63. The molecular weight excluding hydrogens is 278 g/mol. The SMILES string of the molecule is CCc1nnc(SC)n1/N=C\c1ccc([N+](=O)[O-])cc1. The Morgan fingerprint density at radius 3 is 2.65 bits per heavy atom. The van der Waals surface area contributed by atoms with Gasteiger partial charge in [-0.05, 0) is 24.0 Å². The number of nitrogens with zero attached hydrogens (tertiary/aromatic N) is 5. The van der Waals surface area contributed by atoms with Crippen LogP contribution in [0.3, 0.4) is 0 Å². The molecule has 0 saturated carbocycles. The van der Waals surface area contributed by atoms with Gasteiger partial charge in [-0.15, -0.1) is 10.2 Å². The van der Waals surface area contributed by atoms with Crippen molar-refractivity contribution in [3.63, 3.8) is 0 Å². The minimum absolute atomic E-state index is 0.0606. The zero-order chi connectivity index (χ0) is 14.5. The van der Waals surface area contributed by atoms with Crippen molar-refractivity contribution in [2.24, 2.45) is 5.10 Å². The number of nitro groups is 1. The summed E-state index contributed by atoms with van der Waals surface area (Å²) in [6, 6.07) is 6.19. The third kappa shape index (κ3) is 3.02. The first-order valence-electron chi connectivity index (χ1n) is 5.92. The van der Waals surface area contributed by atoms with Crippen LogP contribution in [0.25, 0.3) is 0 Å². The van der Waals surface area contributed by atoms with Crippen molar-refractivity contribution in [2.45, 2.75) is 18.5 Å². The van der Waals surface area contributed by atoms with E-state index in [1.165, 1.54) is 23.9 Å². The molecule has 1 heterocycles. The second kappa shape index (κ2) is 6.29. The molecule has 2 aromatic rings. The topological polar surface area (TPSA) is 86.2 Å². The van der Waals surface area contributed by atoms with E-state index in [1.54, 1.807) is 23.0 Å². The number of non-ortho nitro benzene ring substituents is 1. The Morgan fingerprint density at radius 1 is 1.40 bits per heavy atom. The highest BCUT2D eigenvalue weighted by Gasteiger charge is 2.08. The highest BCUT2D eigenvalue weighted by molar-refractivity contribution is 7.98. The average Bonchev–Trinajstić information content (AvgIpc) is 2.87. The zero-order valence-electron chi connectivity index (χ0n) is 11.1. The Kier molecular flexibility index (Phi) is 4.46. The van der Waals surface area contributed by atoms with Crippen molar-refractivity contribution in [1.29, 1.82) is 0 Å². The van der Waals surface area contributed by atoms with Gasteiger partial charge >= 0.3 is 0 Å². The number of thioether (sulfide) groups is 1. The molecule has 0 saturated heterocycles. The molecule has 0 aliphatic rings. The first-order chi connectivity index (χ1) is 9.65. The minimum atomic E-state index is -0.429. The third-order valence-electron chi connectivity index (χ3n) is 2.60. The normalized spacial score (nSPS) is 11.1. The summed E-state index contributed by atoms with van der Waals surface area (Å²) in [5, 5.41) is 23.7. The van der Waals surface area contributed by atoms with Crippen LogP contribution in [0.4, 0.5) is 5.69 Å². The smallest absolute Gasteiger partial charge is 0.258 e. The molecular formula is C12H13N5O2S. The van der Waals surface area contributed by atoms with E-state index in [2.05, 4.69) is 15.3 Å². The van der Waals surface area contributed by atoms with E-state index in [-0.39, 0.29) is 5.69 Å². The van der Waals surface area contributed by atoms with Crippen molar-refractivity contribution in [3.05, 3.63) is 45.8 Å². The van der Waals surface area contributed by atoms with E-state index in [1.807, 2.05) is 13.2 Å². The van der Waals surface area contributed by atoms with Gasteiger partial charge in [0.15, 0.2) is 5.82 Å². The van der Waals surface area contributed by atoms with E-state index in [9.17, 15) is 10.1 Å². The lowest BCUT2D eigenvalue weighted by molar-refractivity contribution is -0.384. The molecule has 0 N–H and O–H groups in total. The van der Waals surface area contributed by atoms with Crippen LogP contribution < -0.4 is 0 Å². The molecule has 0 fully saturated rings. The maximum Gasteiger partial charge on any atom is 0.269 e. The predicted octanol–water partition coefficient (Wildman–Crippen LogP) is 2.35. The number of aryl methyl sites for hydroxylation is 1. The number of aromatic nitrogens is 3. The fourth-order valence-electron chi connectivity index (χ4n) is 1.57. The van der Waals surface area contributed by atoms with Gasteiger partial charge in [-0.3, -0.25) is 10.1 Å². The second-order valence-electron chi connectivity index (χ2n) is 3.86. The molecule has 0 unspecified atom stereocenters. The van der Waals surface area contributed by atoms with E-state index < -0.39 is 4.92 Å². The van der Waals surface area contributed by atoms with E-state index in [4.69, 9.17) is 0 Å². The molecule has 0 bridgehead atoms. The van der Waals surface area contributed by atoms with Gasteiger partial charge in [-0.1, -0.05) is 18.7 Å². The van der Waals surface area contributed by atoms with Crippen LogP contribution in [-0.2, 0) is 6.42 Å². The minimum Gasteiger partial charge on any atom is -0.258 e. The van der Waals surface area contributed by atoms with Crippen LogP contribution in [0.15, 0.2) is 34.5 Å². The lowest BCUT2D eigenvalue weighted by atomic mass is 10.2. The van der Waals surface area contributed by atoms with Crippen molar-refractivity contribution >= 4 is 23.7 Å². The van der Waals surface area contributed by atoms with Gasteiger partial charge in [0.1, 0.15) is 0 Å². The lowest BCUT2D eigenvalue weighted by Gasteiger charge is -2.00. The fourth-order valence-corrected chi connectivity index (χ4v) is 2.01. The predicted molar refractivity (Wildman–Crippen MR) is 77.3 cm³/mol. The van der Waals surface area contributed by atoms with Crippen LogP contribution >= 0.6 is 11.8 Å². The van der Waals surface area contributed by atoms with Gasteiger partial charge in [0.25, 0.3) is 5.69 Å². The van der Waals surface area contributed by atoms with Crippen LogP contribution in [0.1, 0.15) is 18.3 Å². The molecule has 0 spiro atoms. The van der Waals surface area contributed by atoms with Gasteiger partial charge in [-0.25, -0.2) is 0 Å². The summed E-state index contributed by atoms with van der Waals surface area (Å²) in [4.78, 5) is 10.1. The molecule has 0 aliphatic heterocycles. The summed E-state index contributed by atoms with van der Waals surface area (Å²) in [5.41, 5.74) is 0.837. The summed E-state index contributed by atoms with van der Waals surface area (Å²) in [7, 11) is 0. The Morgan fingerprint density at radius 2 is 2.10 bits per heavy atom. The summed E-state index contributed by atoms with van der Waals surface area (Å²) >= 11 is 1.46. The maximum atomic E-state index is 10.6. The van der Waals surface area contributed by atoms with E-state index in [0.29, 0.717) is 5.16 Å². The first kappa shape index (κ1) is 14.2. The average molecular weight is 291 g/mol. The van der Waals surface area contributed by atoms with Crippen molar-refractivity contribution in [3.8, 4) is 0 Å². The monoisotopic (exact) mass is 291 g/mol. The highest BCUT2D eigenvalue weighted by Crippen LogP contribution is 2.14. The quantitative estimate of drug-likeness (QED) is 0.365. The molecule has 0 aliphatic carbocycles. The Balaban J connectivity index is 2.24. The largest absolute Gasteiger partial charge is 0.269 e. The maximum absolute atomic E-state index is 10.6. The number of rotatable bonds is 5. The number of hydrogen-bond donors (Lipinski definition) is 0. The Bertz CT molecular complexity index is 614. The summed E-state index contributed by atoms with van der Waals surface area (Å²) in [5.74, 6) is 0.771. The molecule has 0 atom stereocenters. The highest BCUT2D eigenvalue weighted by atomic mass is 32.2. The molecule has 1 aromatic heterocycles. The fraction of sp³-hybridized carbons (Fsp3) is 0.250. The van der Waals surface area contributed by atoms with Crippen LogP contribution in [0.5, 0.6) is 0 Å². The van der Waals surface area contributed by atoms with Gasteiger partial charge in [-0.2, -0.15) is 9.78 Å². The molecule has 20 heavy (non-hydrogen) atoms. The van der Waals surface area contributed by atoms with Crippen LogP contribution in [0, 0.1) is 10.1 Å². The van der Waals surface area contributed by atoms with Crippen molar-refractivity contribution in [2.75, 3.05) is 6.26 Å². The first-order valence-corrected chi connectivity index (χ1v) is 7.15. The van der Waals surface area contributed by atoms with Crippen molar-refractivity contribution < 1.29 is 4.92 Å². The van der Waals surface area contributed by atoms with Gasteiger partial charge in [0.2, 0.25) is 5.16 Å². The van der Waals surface area contributed by atoms with Gasteiger partial charge in [0, 0.05) is 18.6 Å². The molecule has 0 radical (unpaired) electrons. The Labute approximate surface area is 119 Å². The summed E-state index contributed by atoms with van der Waals surface area (Å²) in [6.07, 6.45) is 4.26. The molecule has 2 rings (SSSR count). The lowest BCUT2D eigenvalue weighted by Crippen LogP contribution is -1.98. The third-order valence-corrected chi connectivity index (χ3v) is 3.22. The van der Waals surface area contributed by atoms with Gasteiger partial charge < -0.3 is 0 Å². The van der Waals surface area contributed by atoms with Crippen LogP contribution in [0.2, 0.25) is 0 Å². The summed E-state index contributed by atoms with van der Waals surface area (Å²) in [6.45, 7) is 1.98. The van der Waals surface area contributed by atoms with Crippen LogP contribution in [-0.4, -0.2) is 32.3 Å². The standard InChI is InChI=1S/C12H13N5O2S/c1-3-11-14-15-12(20-2)16(11)13-8-9-4-6-10(7-5-9)17(18)19/h4-8H,3H2,1-2H3/b13-8-. The number of hydrogen-bond acceptors (Lipinski definition) is 6. The molecule has 1 aromatic carbocycles. The van der Waals surface area contributed by atoms with Gasteiger partial charge in [0.05, 0.1) is 11.1 Å². The molecule has 0 amide bonds. The molecule has 8 heteroatoms. The van der Waals surface area contributed by atoms with E-state index in [0.717, 1.165) is 17.8 Å². The number of benzene rings is 1. The number of nitro benzene ring substituents is 1. The summed E-state index contributed by atoms with van der Waals surface area (Å²) < 4.78 is 1.67. The van der Waals surface area contributed by atoms with E-state index >= 15 is 0 Å². The zero-order valence-corrected chi connectivity index (χ0v) is 11.9. The molecule has 104 valence electrons. The molecule has 7 nitrogen and oxygen atoms in total.